The first-order valence-electron chi connectivity index (χ1n) is 6.04. The van der Waals surface area contributed by atoms with E-state index in [9.17, 15) is 9.50 Å². The SMILES string of the molecule is Oc1ccc(F)cc1Cc1ccc2ccccc2n1. The van der Waals surface area contributed by atoms with E-state index in [-0.39, 0.29) is 11.6 Å². The molecule has 1 N–H and O–H groups in total. The lowest BCUT2D eigenvalue weighted by molar-refractivity contribution is 0.466. The summed E-state index contributed by atoms with van der Waals surface area (Å²) in [6, 6.07) is 15.6. The second-order valence-electron chi connectivity index (χ2n) is 4.45. The minimum absolute atomic E-state index is 0.0939. The maximum Gasteiger partial charge on any atom is 0.123 e. The van der Waals surface area contributed by atoms with E-state index >= 15 is 0 Å². The number of para-hydroxylation sites is 1. The summed E-state index contributed by atoms with van der Waals surface area (Å²) in [6.07, 6.45) is 0.411. The third-order valence-electron chi connectivity index (χ3n) is 3.07. The van der Waals surface area contributed by atoms with Crippen LogP contribution in [0.15, 0.2) is 54.6 Å². The Bertz CT molecular complexity index is 740. The normalized spacial score (nSPS) is 10.8. The van der Waals surface area contributed by atoms with Gasteiger partial charge in [-0.1, -0.05) is 24.3 Å². The summed E-state index contributed by atoms with van der Waals surface area (Å²) in [5.74, 6) is -0.259. The van der Waals surface area contributed by atoms with Crippen molar-refractivity contribution in [1.82, 2.24) is 4.98 Å². The van der Waals surface area contributed by atoms with Gasteiger partial charge in [0.05, 0.1) is 5.52 Å². The maximum atomic E-state index is 13.2. The maximum absolute atomic E-state index is 13.2. The second kappa shape index (κ2) is 4.69. The molecule has 19 heavy (non-hydrogen) atoms. The second-order valence-corrected chi connectivity index (χ2v) is 4.45. The molecule has 2 aromatic carbocycles. The van der Waals surface area contributed by atoms with Crippen LogP contribution in [-0.2, 0) is 6.42 Å². The van der Waals surface area contributed by atoms with Gasteiger partial charge in [0.2, 0.25) is 0 Å². The van der Waals surface area contributed by atoms with E-state index in [0.717, 1.165) is 16.6 Å². The van der Waals surface area contributed by atoms with Crippen LogP contribution in [0, 0.1) is 5.82 Å². The van der Waals surface area contributed by atoms with E-state index in [0.29, 0.717) is 12.0 Å². The molecule has 0 spiro atoms. The number of halogens is 1. The van der Waals surface area contributed by atoms with Gasteiger partial charge in [-0.2, -0.15) is 0 Å². The van der Waals surface area contributed by atoms with Gasteiger partial charge in [0.15, 0.2) is 0 Å². The minimum Gasteiger partial charge on any atom is -0.508 e. The van der Waals surface area contributed by atoms with Gasteiger partial charge in [-0.3, -0.25) is 4.98 Å². The van der Waals surface area contributed by atoms with Crippen molar-refractivity contribution in [3.8, 4) is 5.75 Å². The zero-order valence-electron chi connectivity index (χ0n) is 10.2. The first kappa shape index (κ1) is 11.7. The van der Waals surface area contributed by atoms with E-state index in [2.05, 4.69) is 4.98 Å². The standard InChI is InChI=1S/C16H12FNO/c17-13-6-8-16(19)12(9-13)10-14-7-5-11-3-1-2-4-15(11)18-14/h1-9,19H,10H2. The lowest BCUT2D eigenvalue weighted by Crippen LogP contribution is -1.94. The largest absolute Gasteiger partial charge is 0.508 e. The topological polar surface area (TPSA) is 33.1 Å². The van der Waals surface area contributed by atoms with Crippen LogP contribution < -0.4 is 0 Å². The Morgan fingerprint density at radius 2 is 1.84 bits per heavy atom. The van der Waals surface area contributed by atoms with Crippen LogP contribution in [0.3, 0.4) is 0 Å². The number of phenols is 1. The summed E-state index contributed by atoms with van der Waals surface area (Å²) in [7, 11) is 0. The third kappa shape index (κ3) is 2.40. The van der Waals surface area contributed by atoms with Gasteiger partial charge < -0.3 is 5.11 Å². The van der Waals surface area contributed by atoms with Crippen molar-refractivity contribution in [3.05, 3.63) is 71.7 Å². The van der Waals surface area contributed by atoms with Crippen LogP contribution in [0.25, 0.3) is 10.9 Å². The van der Waals surface area contributed by atoms with Crippen LogP contribution in [-0.4, -0.2) is 10.1 Å². The summed E-state index contributed by atoms with van der Waals surface area (Å²) < 4.78 is 13.2. The van der Waals surface area contributed by atoms with Crippen LogP contribution in [0.2, 0.25) is 0 Å². The van der Waals surface area contributed by atoms with Crippen molar-refractivity contribution < 1.29 is 9.50 Å². The molecule has 0 unspecified atom stereocenters. The Balaban J connectivity index is 1.98. The molecule has 0 amide bonds. The highest BCUT2D eigenvalue weighted by Crippen LogP contribution is 2.21. The van der Waals surface area contributed by atoms with Crippen LogP contribution in [0.5, 0.6) is 5.75 Å². The molecule has 0 bridgehead atoms. The Morgan fingerprint density at radius 3 is 2.74 bits per heavy atom. The average molecular weight is 253 g/mol. The van der Waals surface area contributed by atoms with Crippen LogP contribution in [0.4, 0.5) is 4.39 Å². The van der Waals surface area contributed by atoms with Gasteiger partial charge in [0, 0.05) is 23.1 Å². The number of nitrogens with zero attached hydrogens (tertiary/aromatic N) is 1. The number of fused-ring (bicyclic) bond motifs is 1. The summed E-state index contributed by atoms with van der Waals surface area (Å²) >= 11 is 0. The molecule has 94 valence electrons. The molecule has 0 atom stereocenters. The van der Waals surface area contributed by atoms with E-state index in [1.165, 1.54) is 18.2 Å². The average Bonchev–Trinajstić information content (AvgIpc) is 2.43. The monoisotopic (exact) mass is 253 g/mol. The number of pyridine rings is 1. The number of rotatable bonds is 2. The van der Waals surface area contributed by atoms with E-state index < -0.39 is 0 Å². The summed E-state index contributed by atoms with van der Waals surface area (Å²) in [5, 5.41) is 10.8. The van der Waals surface area contributed by atoms with Crippen molar-refractivity contribution >= 4 is 10.9 Å². The zero-order chi connectivity index (χ0) is 13.2. The van der Waals surface area contributed by atoms with Gasteiger partial charge in [0.25, 0.3) is 0 Å². The zero-order valence-corrected chi connectivity index (χ0v) is 10.2. The molecule has 1 aromatic heterocycles. The van der Waals surface area contributed by atoms with Crippen molar-refractivity contribution in [2.75, 3.05) is 0 Å². The fourth-order valence-corrected chi connectivity index (χ4v) is 2.10. The molecule has 3 rings (SSSR count). The number of aromatic hydroxyl groups is 1. The van der Waals surface area contributed by atoms with Crippen molar-refractivity contribution in [2.45, 2.75) is 6.42 Å². The Hall–Kier alpha value is -2.42. The molecule has 0 aliphatic heterocycles. The Labute approximate surface area is 110 Å². The smallest absolute Gasteiger partial charge is 0.123 e. The van der Waals surface area contributed by atoms with Crippen LogP contribution in [0.1, 0.15) is 11.3 Å². The summed E-state index contributed by atoms with van der Waals surface area (Å²) in [6.45, 7) is 0. The molecule has 1 heterocycles. The number of aromatic nitrogens is 1. The highest BCUT2D eigenvalue weighted by atomic mass is 19.1. The lowest BCUT2D eigenvalue weighted by atomic mass is 10.1. The van der Waals surface area contributed by atoms with Crippen molar-refractivity contribution in [2.24, 2.45) is 0 Å². The molecule has 0 saturated carbocycles. The summed E-state index contributed by atoms with van der Waals surface area (Å²) in [4.78, 5) is 4.51. The number of hydrogen-bond donors (Lipinski definition) is 1. The Morgan fingerprint density at radius 1 is 1.00 bits per heavy atom. The summed E-state index contributed by atoms with van der Waals surface area (Å²) in [5.41, 5.74) is 2.25. The third-order valence-corrected chi connectivity index (χ3v) is 3.07. The molecular weight excluding hydrogens is 241 g/mol. The predicted octanol–water partition coefficient (Wildman–Crippen LogP) is 3.67. The molecule has 0 radical (unpaired) electrons. The molecular formula is C16H12FNO. The highest BCUT2D eigenvalue weighted by molar-refractivity contribution is 5.78. The molecule has 2 nitrogen and oxygen atoms in total. The van der Waals surface area contributed by atoms with Crippen molar-refractivity contribution in [1.29, 1.82) is 0 Å². The molecule has 3 aromatic rings. The molecule has 0 aliphatic rings. The van der Waals surface area contributed by atoms with E-state index in [1.807, 2.05) is 36.4 Å². The fourth-order valence-electron chi connectivity index (χ4n) is 2.10. The van der Waals surface area contributed by atoms with Gasteiger partial charge >= 0.3 is 0 Å². The van der Waals surface area contributed by atoms with Gasteiger partial charge in [-0.05, 0) is 30.3 Å². The van der Waals surface area contributed by atoms with E-state index in [1.54, 1.807) is 0 Å². The first-order valence-corrected chi connectivity index (χ1v) is 6.04. The number of hydrogen-bond acceptors (Lipinski definition) is 2. The predicted molar refractivity (Wildman–Crippen MR) is 72.6 cm³/mol. The lowest BCUT2D eigenvalue weighted by Gasteiger charge is -2.05. The van der Waals surface area contributed by atoms with Gasteiger partial charge in [0.1, 0.15) is 11.6 Å². The van der Waals surface area contributed by atoms with Crippen LogP contribution >= 0.6 is 0 Å². The number of phenolic OH excluding ortho intramolecular Hbond substituents is 1. The Kier molecular flexibility index (Phi) is 2.88. The minimum atomic E-state index is -0.353. The highest BCUT2D eigenvalue weighted by Gasteiger charge is 2.06. The molecule has 3 heteroatoms. The quantitative estimate of drug-likeness (QED) is 0.756. The molecule has 0 fully saturated rings. The van der Waals surface area contributed by atoms with Gasteiger partial charge in [-0.15, -0.1) is 0 Å². The molecule has 0 saturated heterocycles. The first-order chi connectivity index (χ1) is 9.22. The van der Waals surface area contributed by atoms with Gasteiger partial charge in [-0.25, -0.2) is 4.39 Å². The fraction of sp³-hybridized carbons (Fsp3) is 0.0625. The molecule has 0 aliphatic carbocycles. The number of benzene rings is 2. The van der Waals surface area contributed by atoms with Crippen molar-refractivity contribution in [3.63, 3.8) is 0 Å². The van der Waals surface area contributed by atoms with E-state index in [4.69, 9.17) is 0 Å².